The molecule has 2 aromatic heterocycles. The standard InChI is InChI=1S/C17H19N5OS/c1-21(8-7-16-6-3-9-24-16)17(23)19-11-14-4-2-5-15(10-14)22-13-18-12-20-22/h2-6,9-10,12-13H,7-8,11H2,1H3,(H,19,23). The van der Waals surface area contributed by atoms with Crippen LogP contribution >= 0.6 is 11.3 Å². The van der Waals surface area contributed by atoms with Gasteiger partial charge in [-0.2, -0.15) is 5.10 Å². The zero-order chi connectivity index (χ0) is 16.8. The average Bonchev–Trinajstić information content (AvgIpc) is 3.31. The Hall–Kier alpha value is -2.67. The summed E-state index contributed by atoms with van der Waals surface area (Å²) in [6.45, 7) is 1.18. The largest absolute Gasteiger partial charge is 0.334 e. The molecule has 6 nitrogen and oxygen atoms in total. The smallest absolute Gasteiger partial charge is 0.317 e. The van der Waals surface area contributed by atoms with E-state index >= 15 is 0 Å². The molecule has 0 aliphatic carbocycles. The van der Waals surface area contributed by atoms with E-state index in [9.17, 15) is 4.79 Å². The van der Waals surface area contributed by atoms with Gasteiger partial charge in [-0.1, -0.05) is 18.2 Å². The van der Waals surface area contributed by atoms with Gasteiger partial charge in [-0.05, 0) is 35.6 Å². The van der Waals surface area contributed by atoms with Gasteiger partial charge in [0.05, 0.1) is 5.69 Å². The first kappa shape index (κ1) is 16.2. The lowest BCUT2D eigenvalue weighted by atomic mass is 10.2. The third-order valence-electron chi connectivity index (χ3n) is 3.66. The van der Waals surface area contributed by atoms with E-state index in [1.165, 1.54) is 11.2 Å². The Morgan fingerprint density at radius 2 is 2.25 bits per heavy atom. The number of likely N-dealkylation sites (N-methyl/N-ethyl adjacent to an activating group) is 1. The third-order valence-corrected chi connectivity index (χ3v) is 4.59. The van der Waals surface area contributed by atoms with Gasteiger partial charge in [0.15, 0.2) is 0 Å². The fraction of sp³-hybridized carbons (Fsp3) is 0.235. The minimum Gasteiger partial charge on any atom is -0.334 e. The maximum atomic E-state index is 12.2. The van der Waals surface area contributed by atoms with Gasteiger partial charge in [0.25, 0.3) is 0 Å². The molecule has 0 unspecified atom stereocenters. The van der Waals surface area contributed by atoms with Crippen LogP contribution in [0.25, 0.3) is 5.69 Å². The van der Waals surface area contributed by atoms with Crippen LogP contribution in [0.1, 0.15) is 10.4 Å². The molecular formula is C17H19N5OS. The Morgan fingerprint density at radius 3 is 3.00 bits per heavy atom. The van der Waals surface area contributed by atoms with E-state index in [4.69, 9.17) is 0 Å². The SMILES string of the molecule is CN(CCc1cccs1)C(=O)NCc1cccc(-n2cncn2)c1. The van der Waals surface area contributed by atoms with Crippen molar-refractivity contribution in [3.8, 4) is 5.69 Å². The Labute approximate surface area is 144 Å². The van der Waals surface area contributed by atoms with Crippen molar-refractivity contribution < 1.29 is 4.79 Å². The van der Waals surface area contributed by atoms with Crippen LogP contribution in [0.3, 0.4) is 0 Å². The van der Waals surface area contributed by atoms with E-state index in [1.807, 2.05) is 37.4 Å². The molecule has 0 radical (unpaired) electrons. The molecule has 0 atom stereocenters. The van der Waals surface area contributed by atoms with Crippen molar-refractivity contribution in [2.45, 2.75) is 13.0 Å². The van der Waals surface area contributed by atoms with Crippen molar-refractivity contribution in [2.75, 3.05) is 13.6 Å². The number of urea groups is 1. The Bertz CT molecular complexity index is 770. The normalized spacial score (nSPS) is 10.5. The lowest BCUT2D eigenvalue weighted by Crippen LogP contribution is -2.37. The molecule has 2 heterocycles. The van der Waals surface area contributed by atoms with Gasteiger partial charge in [-0.25, -0.2) is 14.5 Å². The molecular weight excluding hydrogens is 322 g/mol. The van der Waals surface area contributed by atoms with E-state index < -0.39 is 0 Å². The summed E-state index contributed by atoms with van der Waals surface area (Å²) in [4.78, 5) is 19.1. The van der Waals surface area contributed by atoms with E-state index in [1.54, 1.807) is 27.2 Å². The number of rotatable bonds is 6. The van der Waals surface area contributed by atoms with Gasteiger partial charge < -0.3 is 10.2 Å². The molecule has 0 saturated carbocycles. The highest BCUT2D eigenvalue weighted by Gasteiger charge is 2.08. The number of aromatic nitrogens is 3. The van der Waals surface area contributed by atoms with Crippen LogP contribution in [0.4, 0.5) is 4.79 Å². The summed E-state index contributed by atoms with van der Waals surface area (Å²) in [5.41, 5.74) is 1.94. The molecule has 0 spiro atoms. The second-order valence-electron chi connectivity index (χ2n) is 5.42. The summed E-state index contributed by atoms with van der Waals surface area (Å²) >= 11 is 1.72. The number of hydrogen-bond donors (Lipinski definition) is 1. The fourth-order valence-electron chi connectivity index (χ4n) is 2.30. The number of amides is 2. The van der Waals surface area contributed by atoms with Crippen LogP contribution in [0.5, 0.6) is 0 Å². The number of hydrogen-bond acceptors (Lipinski definition) is 4. The molecule has 1 N–H and O–H groups in total. The molecule has 0 bridgehead atoms. The van der Waals surface area contributed by atoms with E-state index in [-0.39, 0.29) is 6.03 Å². The molecule has 24 heavy (non-hydrogen) atoms. The summed E-state index contributed by atoms with van der Waals surface area (Å²) in [6, 6.07) is 11.9. The maximum Gasteiger partial charge on any atom is 0.317 e. The lowest BCUT2D eigenvalue weighted by molar-refractivity contribution is 0.209. The third kappa shape index (κ3) is 4.20. The molecule has 7 heteroatoms. The number of nitrogens with one attached hydrogen (secondary N) is 1. The van der Waals surface area contributed by atoms with Gasteiger partial charge in [-0.3, -0.25) is 0 Å². The van der Waals surface area contributed by atoms with Crippen LogP contribution in [0.2, 0.25) is 0 Å². The molecule has 0 aliphatic heterocycles. The van der Waals surface area contributed by atoms with Crippen molar-refractivity contribution in [3.05, 3.63) is 64.9 Å². The average molecular weight is 341 g/mol. The first-order chi connectivity index (χ1) is 11.7. The Balaban J connectivity index is 1.51. The van der Waals surface area contributed by atoms with Crippen LogP contribution in [-0.2, 0) is 13.0 Å². The minimum atomic E-state index is -0.0716. The number of thiophene rings is 1. The van der Waals surface area contributed by atoms with Crippen molar-refractivity contribution in [2.24, 2.45) is 0 Å². The summed E-state index contributed by atoms with van der Waals surface area (Å²) in [6.07, 6.45) is 4.02. The number of carbonyl (C=O) groups excluding carboxylic acids is 1. The molecule has 0 aliphatic rings. The molecule has 1 aromatic carbocycles. The lowest BCUT2D eigenvalue weighted by Gasteiger charge is -2.17. The van der Waals surface area contributed by atoms with E-state index in [0.29, 0.717) is 13.1 Å². The van der Waals surface area contributed by atoms with Crippen molar-refractivity contribution >= 4 is 17.4 Å². The van der Waals surface area contributed by atoms with Crippen molar-refractivity contribution in [3.63, 3.8) is 0 Å². The van der Waals surface area contributed by atoms with Gasteiger partial charge in [0.2, 0.25) is 0 Å². The molecule has 0 saturated heterocycles. The highest BCUT2D eigenvalue weighted by atomic mass is 32.1. The number of nitrogens with zero attached hydrogens (tertiary/aromatic N) is 4. The van der Waals surface area contributed by atoms with Gasteiger partial charge in [-0.15, -0.1) is 11.3 Å². The molecule has 3 aromatic rings. The Morgan fingerprint density at radius 1 is 1.33 bits per heavy atom. The van der Waals surface area contributed by atoms with Crippen LogP contribution < -0.4 is 5.32 Å². The molecule has 2 amide bonds. The predicted molar refractivity (Wildman–Crippen MR) is 94.2 cm³/mol. The monoisotopic (exact) mass is 341 g/mol. The topological polar surface area (TPSA) is 63.1 Å². The summed E-state index contributed by atoms with van der Waals surface area (Å²) < 4.78 is 1.69. The minimum absolute atomic E-state index is 0.0716. The summed E-state index contributed by atoms with van der Waals surface area (Å²) in [7, 11) is 1.81. The quantitative estimate of drug-likeness (QED) is 0.750. The summed E-state index contributed by atoms with van der Waals surface area (Å²) in [5.74, 6) is 0. The number of benzene rings is 1. The zero-order valence-corrected chi connectivity index (χ0v) is 14.2. The van der Waals surface area contributed by atoms with Crippen molar-refractivity contribution in [1.82, 2.24) is 25.0 Å². The first-order valence-electron chi connectivity index (χ1n) is 7.67. The zero-order valence-electron chi connectivity index (χ0n) is 13.4. The van der Waals surface area contributed by atoms with Gasteiger partial charge in [0.1, 0.15) is 12.7 Å². The van der Waals surface area contributed by atoms with Crippen LogP contribution in [0, 0.1) is 0 Å². The van der Waals surface area contributed by atoms with Gasteiger partial charge in [0, 0.05) is 25.0 Å². The molecule has 124 valence electrons. The van der Waals surface area contributed by atoms with Crippen LogP contribution in [0.15, 0.2) is 54.4 Å². The van der Waals surface area contributed by atoms with Crippen molar-refractivity contribution in [1.29, 1.82) is 0 Å². The predicted octanol–water partition coefficient (Wildman–Crippen LogP) is 2.71. The fourth-order valence-corrected chi connectivity index (χ4v) is 3.00. The number of carbonyl (C=O) groups is 1. The summed E-state index contributed by atoms with van der Waals surface area (Å²) in [5, 5.41) is 9.11. The van der Waals surface area contributed by atoms with E-state index in [0.717, 1.165) is 17.7 Å². The highest BCUT2D eigenvalue weighted by Crippen LogP contribution is 2.10. The molecule has 3 rings (SSSR count). The molecule has 0 fully saturated rings. The second kappa shape index (κ2) is 7.74. The van der Waals surface area contributed by atoms with E-state index in [2.05, 4.69) is 26.8 Å². The Kier molecular flexibility index (Phi) is 5.22. The second-order valence-corrected chi connectivity index (χ2v) is 6.45. The van der Waals surface area contributed by atoms with Gasteiger partial charge >= 0.3 is 6.03 Å². The maximum absolute atomic E-state index is 12.2. The first-order valence-corrected chi connectivity index (χ1v) is 8.55. The van der Waals surface area contributed by atoms with Crippen LogP contribution in [-0.4, -0.2) is 39.3 Å². The highest BCUT2D eigenvalue weighted by molar-refractivity contribution is 7.09.